The van der Waals surface area contributed by atoms with Gasteiger partial charge in [-0.3, -0.25) is 0 Å². The predicted molar refractivity (Wildman–Crippen MR) is 93.5 cm³/mol. The molecule has 0 radical (unpaired) electrons. The summed E-state index contributed by atoms with van der Waals surface area (Å²) < 4.78 is 16.9. The normalized spacial score (nSPS) is 14.3. The van der Waals surface area contributed by atoms with Crippen molar-refractivity contribution < 1.29 is 14.2 Å². The second-order valence-electron chi connectivity index (χ2n) is 8.18. The molecule has 0 rings (SSSR count). The van der Waals surface area contributed by atoms with Crippen molar-refractivity contribution in [2.45, 2.75) is 73.0 Å². The molecule has 0 aromatic rings. The molecule has 0 aliphatic heterocycles. The molecule has 0 heterocycles. The van der Waals surface area contributed by atoms with E-state index in [1.807, 2.05) is 0 Å². The molecule has 0 spiro atoms. The molecule has 0 saturated carbocycles. The van der Waals surface area contributed by atoms with Crippen LogP contribution in [-0.4, -0.2) is 51.2 Å². The van der Waals surface area contributed by atoms with Gasteiger partial charge < -0.3 is 19.5 Å². The highest BCUT2D eigenvalue weighted by Crippen LogP contribution is 2.17. The van der Waals surface area contributed by atoms with E-state index in [4.69, 9.17) is 14.2 Å². The molecule has 0 aliphatic rings. The Balaban J connectivity index is 3.31. The summed E-state index contributed by atoms with van der Waals surface area (Å²) in [6, 6.07) is 0. The molecule has 0 aromatic heterocycles. The van der Waals surface area contributed by atoms with Crippen LogP contribution in [0, 0.1) is 5.41 Å². The highest BCUT2D eigenvalue weighted by atomic mass is 16.5. The van der Waals surface area contributed by atoms with Crippen molar-refractivity contribution in [1.82, 2.24) is 5.32 Å². The highest BCUT2D eigenvalue weighted by Gasteiger charge is 2.09. The molecule has 4 nitrogen and oxygen atoms in total. The quantitative estimate of drug-likeness (QED) is 0.558. The van der Waals surface area contributed by atoms with Crippen molar-refractivity contribution in [2.75, 3.05) is 39.6 Å². The monoisotopic (exact) mass is 317 g/mol. The summed E-state index contributed by atoms with van der Waals surface area (Å²) in [7, 11) is 0. The molecule has 1 N–H and O–H groups in total. The van der Waals surface area contributed by atoms with Gasteiger partial charge in [0, 0.05) is 25.3 Å². The maximum Gasteiger partial charge on any atom is 0.0704 e. The molecular formula is C18H39NO3. The fourth-order valence-electron chi connectivity index (χ4n) is 1.72. The maximum atomic E-state index is 5.71. The van der Waals surface area contributed by atoms with E-state index in [9.17, 15) is 0 Å². The Morgan fingerprint density at radius 3 is 2.05 bits per heavy atom. The molecule has 1 unspecified atom stereocenters. The van der Waals surface area contributed by atoms with Crippen LogP contribution >= 0.6 is 0 Å². The van der Waals surface area contributed by atoms with E-state index in [-0.39, 0.29) is 11.6 Å². The summed E-state index contributed by atoms with van der Waals surface area (Å²) in [6.07, 6.45) is 2.23. The van der Waals surface area contributed by atoms with E-state index in [0.29, 0.717) is 18.6 Å². The summed E-state index contributed by atoms with van der Waals surface area (Å²) in [6.45, 7) is 19.8. The smallest absolute Gasteiger partial charge is 0.0704 e. The largest absolute Gasteiger partial charge is 0.380 e. The SMILES string of the molecule is CC(CCOCCNC(C)(C)C)OCCOCCC(C)(C)C. The fourth-order valence-corrected chi connectivity index (χ4v) is 1.72. The van der Waals surface area contributed by atoms with Crippen LogP contribution in [0.4, 0.5) is 0 Å². The second-order valence-corrected chi connectivity index (χ2v) is 8.18. The lowest BCUT2D eigenvalue weighted by Crippen LogP contribution is -2.38. The van der Waals surface area contributed by atoms with E-state index in [2.05, 4.69) is 53.8 Å². The predicted octanol–water partition coefficient (Wildman–Crippen LogP) is 3.64. The first-order valence-electron chi connectivity index (χ1n) is 8.62. The minimum atomic E-state index is 0.159. The molecule has 0 bridgehead atoms. The Bertz CT molecular complexity index is 230. The van der Waals surface area contributed by atoms with E-state index in [1.54, 1.807) is 0 Å². The fraction of sp³-hybridized carbons (Fsp3) is 1.00. The number of ether oxygens (including phenoxy) is 3. The van der Waals surface area contributed by atoms with E-state index in [1.165, 1.54) is 0 Å². The lowest BCUT2D eigenvalue weighted by atomic mass is 9.93. The lowest BCUT2D eigenvalue weighted by molar-refractivity contribution is -0.00703. The Morgan fingerprint density at radius 1 is 0.818 bits per heavy atom. The van der Waals surface area contributed by atoms with Gasteiger partial charge >= 0.3 is 0 Å². The average Bonchev–Trinajstić information content (AvgIpc) is 2.35. The van der Waals surface area contributed by atoms with Gasteiger partial charge in [-0.1, -0.05) is 20.8 Å². The van der Waals surface area contributed by atoms with E-state index < -0.39 is 0 Å². The third kappa shape index (κ3) is 17.9. The first-order chi connectivity index (χ1) is 10.1. The van der Waals surface area contributed by atoms with Crippen molar-refractivity contribution in [3.05, 3.63) is 0 Å². The van der Waals surface area contributed by atoms with Gasteiger partial charge in [-0.15, -0.1) is 0 Å². The van der Waals surface area contributed by atoms with Crippen LogP contribution in [0.25, 0.3) is 0 Å². The zero-order chi connectivity index (χ0) is 17.1. The third-order valence-electron chi connectivity index (χ3n) is 3.20. The highest BCUT2D eigenvalue weighted by molar-refractivity contribution is 4.69. The molecule has 134 valence electrons. The Morgan fingerprint density at radius 2 is 1.45 bits per heavy atom. The number of nitrogens with one attached hydrogen (secondary N) is 1. The van der Waals surface area contributed by atoms with Crippen molar-refractivity contribution in [3.63, 3.8) is 0 Å². The Kier molecular flexibility index (Phi) is 11.3. The van der Waals surface area contributed by atoms with Crippen LogP contribution in [0.15, 0.2) is 0 Å². The lowest BCUT2D eigenvalue weighted by Gasteiger charge is -2.20. The molecule has 4 heteroatoms. The van der Waals surface area contributed by atoms with Crippen molar-refractivity contribution >= 4 is 0 Å². The van der Waals surface area contributed by atoms with E-state index in [0.717, 1.165) is 39.2 Å². The molecule has 0 aliphatic carbocycles. The second kappa shape index (κ2) is 11.4. The van der Waals surface area contributed by atoms with Crippen LogP contribution in [0.1, 0.15) is 61.3 Å². The molecule has 1 atom stereocenters. The standard InChI is InChI=1S/C18H39NO3/c1-16(8-11-20-13-10-19-18(5,6)7)22-15-14-21-12-9-17(2,3)4/h16,19H,8-15H2,1-7H3. The maximum absolute atomic E-state index is 5.71. The van der Waals surface area contributed by atoms with Gasteiger partial charge in [0.05, 0.1) is 25.9 Å². The van der Waals surface area contributed by atoms with Crippen molar-refractivity contribution in [3.8, 4) is 0 Å². The van der Waals surface area contributed by atoms with Crippen LogP contribution in [0.5, 0.6) is 0 Å². The number of hydrogen-bond donors (Lipinski definition) is 1. The zero-order valence-electron chi connectivity index (χ0n) is 16.0. The first-order valence-corrected chi connectivity index (χ1v) is 8.62. The third-order valence-corrected chi connectivity index (χ3v) is 3.20. The first kappa shape index (κ1) is 21.8. The van der Waals surface area contributed by atoms with Gasteiger partial charge in [0.1, 0.15) is 0 Å². The summed E-state index contributed by atoms with van der Waals surface area (Å²) in [5, 5.41) is 3.40. The summed E-state index contributed by atoms with van der Waals surface area (Å²) in [4.78, 5) is 0. The van der Waals surface area contributed by atoms with Crippen LogP contribution < -0.4 is 5.32 Å². The molecule has 0 fully saturated rings. The number of hydrogen-bond acceptors (Lipinski definition) is 4. The Labute approximate surface area is 138 Å². The molecule has 22 heavy (non-hydrogen) atoms. The van der Waals surface area contributed by atoms with Crippen LogP contribution in [0.3, 0.4) is 0 Å². The molecule has 0 amide bonds. The van der Waals surface area contributed by atoms with Gasteiger partial charge in [0.25, 0.3) is 0 Å². The van der Waals surface area contributed by atoms with Crippen LogP contribution in [-0.2, 0) is 14.2 Å². The van der Waals surface area contributed by atoms with Crippen LogP contribution in [0.2, 0.25) is 0 Å². The van der Waals surface area contributed by atoms with Gasteiger partial charge in [0.2, 0.25) is 0 Å². The number of rotatable bonds is 12. The molecule has 0 aromatic carbocycles. The van der Waals surface area contributed by atoms with Crippen molar-refractivity contribution in [2.24, 2.45) is 5.41 Å². The van der Waals surface area contributed by atoms with E-state index >= 15 is 0 Å². The zero-order valence-corrected chi connectivity index (χ0v) is 16.0. The molecular weight excluding hydrogens is 278 g/mol. The van der Waals surface area contributed by atoms with Crippen molar-refractivity contribution in [1.29, 1.82) is 0 Å². The summed E-state index contributed by atoms with van der Waals surface area (Å²) in [5.41, 5.74) is 0.500. The van der Waals surface area contributed by atoms with Gasteiger partial charge in [-0.25, -0.2) is 0 Å². The van der Waals surface area contributed by atoms with Gasteiger partial charge in [-0.05, 0) is 46.0 Å². The minimum absolute atomic E-state index is 0.159. The topological polar surface area (TPSA) is 39.7 Å². The minimum Gasteiger partial charge on any atom is -0.380 e. The Hall–Kier alpha value is -0.160. The summed E-state index contributed by atoms with van der Waals surface area (Å²) in [5.74, 6) is 0. The average molecular weight is 318 g/mol. The molecule has 0 saturated heterocycles. The van der Waals surface area contributed by atoms with Gasteiger partial charge in [0.15, 0.2) is 0 Å². The van der Waals surface area contributed by atoms with Gasteiger partial charge in [-0.2, -0.15) is 0 Å². The summed E-state index contributed by atoms with van der Waals surface area (Å²) >= 11 is 0.